The number of carbonyl (C=O) groups is 1. The minimum absolute atomic E-state index is 0.0318. The molecule has 0 bridgehead atoms. The molecule has 5 nitrogen and oxygen atoms in total. The lowest BCUT2D eigenvalue weighted by molar-refractivity contribution is -0.133. The van der Waals surface area contributed by atoms with Gasteiger partial charge in [0.25, 0.3) is 0 Å². The third-order valence-corrected chi connectivity index (χ3v) is 3.37. The summed E-state index contributed by atoms with van der Waals surface area (Å²) in [7, 11) is 0. The quantitative estimate of drug-likeness (QED) is 0.736. The molecule has 0 aliphatic carbocycles. The lowest BCUT2D eigenvalue weighted by Crippen LogP contribution is -2.11. The van der Waals surface area contributed by atoms with E-state index in [1.165, 1.54) is 11.8 Å². The lowest BCUT2D eigenvalue weighted by atomic mass is 10.2. The summed E-state index contributed by atoms with van der Waals surface area (Å²) in [5.41, 5.74) is 0. The highest BCUT2D eigenvalue weighted by Crippen LogP contribution is 2.19. The summed E-state index contributed by atoms with van der Waals surface area (Å²) < 4.78 is 2.06. The van der Waals surface area contributed by atoms with E-state index in [0.29, 0.717) is 5.92 Å². The fourth-order valence-corrected chi connectivity index (χ4v) is 2.31. The lowest BCUT2D eigenvalue weighted by Gasteiger charge is -2.11. The van der Waals surface area contributed by atoms with E-state index in [9.17, 15) is 4.79 Å². The monoisotopic (exact) mass is 271 g/mol. The molecule has 0 aromatic carbocycles. The molecule has 102 valence electrons. The van der Waals surface area contributed by atoms with Crippen molar-refractivity contribution in [3.05, 3.63) is 5.82 Å². The van der Waals surface area contributed by atoms with E-state index in [1.807, 2.05) is 0 Å². The van der Waals surface area contributed by atoms with Crippen LogP contribution < -0.4 is 0 Å². The number of carboxylic acids is 1. The summed E-state index contributed by atoms with van der Waals surface area (Å²) in [4.78, 5) is 10.6. The van der Waals surface area contributed by atoms with Crippen LogP contribution >= 0.6 is 11.8 Å². The van der Waals surface area contributed by atoms with Crippen LogP contribution in [0.1, 0.15) is 39.4 Å². The Morgan fingerprint density at radius 1 is 1.44 bits per heavy atom. The van der Waals surface area contributed by atoms with Crippen molar-refractivity contribution < 1.29 is 9.90 Å². The van der Waals surface area contributed by atoms with Crippen LogP contribution in [0.5, 0.6) is 0 Å². The van der Waals surface area contributed by atoms with Crippen LogP contribution in [-0.4, -0.2) is 31.6 Å². The highest BCUT2D eigenvalue weighted by molar-refractivity contribution is 7.99. The predicted octanol–water partition coefficient (Wildman–Crippen LogP) is 2.45. The minimum Gasteiger partial charge on any atom is -0.481 e. The van der Waals surface area contributed by atoms with Crippen LogP contribution in [0.4, 0.5) is 0 Å². The zero-order chi connectivity index (χ0) is 13.5. The van der Waals surface area contributed by atoms with Gasteiger partial charge in [0.15, 0.2) is 5.16 Å². The number of aryl methyl sites for hydroxylation is 1. The summed E-state index contributed by atoms with van der Waals surface area (Å²) in [6, 6.07) is 0. The second-order valence-electron chi connectivity index (χ2n) is 4.69. The number of aromatic nitrogens is 3. The molecule has 0 saturated carbocycles. The van der Waals surface area contributed by atoms with Gasteiger partial charge in [-0.2, -0.15) is 0 Å². The first-order chi connectivity index (χ1) is 8.54. The van der Waals surface area contributed by atoms with E-state index in [1.54, 1.807) is 0 Å². The standard InChI is InChI=1S/C12H21N3O2S/c1-4-5-6-10-13-14-12(18-8-11(16)17)15(10)7-9(2)3/h9H,4-8H2,1-3H3,(H,16,17). The third kappa shape index (κ3) is 4.68. The molecular formula is C12H21N3O2S. The Hall–Kier alpha value is -1.04. The molecule has 6 heteroatoms. The summed E-state index contributed by atoms with van der Waals surface area (Å²) in [6.07, 6.45) is 3.11. The Labute approximate surface area is 112 Å². The van der Waals surface area contributed by atoms with E-state index in [0.717, 1.165) is 36.8 Å². The Morgan fingerprint density at radius 2 is 2.17 bits per heavy atom. The summed E-state index contributed by atoms with van der Waals surface area (Å²) in [5, 5.41) is 17.7. The zero-order valence-corrected chi connectivity index (χ0v) is 12.0. The van der Waals surface area contributed by atoms with Gasteiger partial charge in [-0.15, -0.1) is 10.2 Å². The number of rotatable bonds is 8. The molecule has 0 aliphatic heterocycles. The number of carboxylic acid groups (broad SMARTS) is 1. The van der Waals surface area contributed by atoms with Crippen LogP contribution in [0.3, 0.4) is 0 Å². The maximum absolute atomic E-state index is 10.6. The van der Waals surface area contributed by atoms with Crippen molar-refractivity contribution in [2.45, 2.75) is 51.7 Å². The smallest absolute Gasteiger partial charge is 0.313 e. The topological polar surface area (TPSA) is 68.0 Å². The van der Waals surface area contributed by atoms with Crippen molar-refractivity contribution in [2.75, 3.05) is 5.75 Å². The Morgan fingerprint density at radius 3 is 2.72 bits per heavy atom. The first-order valence-electron chi connectivity index (χ1n) is 6.31. The van der Waals surface area contributed by atoms with Gasteiger partial charge in [0, 0.05) is 13.0 Å². The Bertz CT molecular complexity index is 391. The number of hydrogen-bond acceptors (Lipinski definition) is 4. The molecule has 1 aromatic heterocycles. The third-order valence-electron chi connectivity index (χ3n) is 2.42. The number of unbranched alkanes of at least 4 members (excludes halogenated alkanes) is 1. The molecule has 0 radical (unpaired) electrons. The van der Waals surface area contributed by atoms with Gasteiger partial charge in [-0.05, 0) is 12.3 Å². The van der Waals surface area contributed by atoms with Gasteiger partial charge in [-0.25, -0.2) is 0 Å². The van der Waals surface area contributed by atoms with E-state index in [2.05, 4.69) is 35.5 Å². The van der Waals surface area contributed by atoms with Crippen molar-refractivity contribution in [1.82, 2.24) is 14.8 Å². The number of thioether (sulfide) groups is 1. The maximum Gasteiger partial charge on any atom is 0.313 e. The van der Waals surface area contributed by atoms with Crippen LogP contribution in [0.25, 0.3) is 0 Å². The Kier molecular flexibility index (Phi) is 6.18. The molecule has 0 saturated heterocycles. The van der Waals surface area contributed by atoms with Crippen LogP contribution in [0.15, 0.2) is 5.16 Å². The van der Waals surface area contributed by atoms with Crippen molar-refractivity contribution >= 4 is 17.7 Å². The molecule has 1 heterocycles. The molecule has 1 rings (SSSR count). The average molecular weight is 271 g/mol. The van der Waals surface area contributed by atoms with Crippen molar-refractivity contribution in [3.8, 4) is 0 Å². The van der Waals surface area contributed by atoms with Crippen LogP contribution in [0, 0.1) is 5.92 Å². The molecule has 0 amide bonds. The van der Waals surface area contributed by atoms with Crippen molar-refractivity contribution in [1.29, 1.82) is 0 Å². The van der Waals surface area contributed by atoms with Gasteiger partial charge in [-0.3, -0.25) is 4.79 Å². The second-order valence-corrected chi connectivity index (χ2v) is 5.63. The predicted molar refractivity (Wildman–Crippen MR) is 71.8 cm³/mol. The number of nitrogens with zero attached hydrogens (tertiary/aromatic N) is 3. The number of aliphatic carboxylic acids is 1. The first kappa shape index (κ1) is 15.0. The minimum atomic E-state index is -0.825. The molecule has 0 atom stereocenters. The molecule has 0 spiro atoms. The largest absolute Gasteiger partial charge is 0.481 e. The van der Waals surface area contributed by atoms with E-state index in [4.69, 9.17) is 5.11 Å². The maximum atomic E-state index is 10.6. The highest BCUT2D eigenvalue weighted by Gasteiger charge is 2.14. The van der Waals surface area contributed by atoms with Gasteiger partial charge in [0.1, 0.15) is 5.82 Å². The van der Waals surface area contributed by atoms with Gasteiger partial charge in [0.05, 0.1) is 5.75 Å². The van der Waals surface area contributed by atoms with Gasteiger partial charge in [0.2, 0.25) is 0 Å². The van der Waals surface area contributed by atoms with Gasteiger partial charge in [-0.1, -0.05) is 39.0 Å². The van der Waals surface area contributed by atoms with Crippen molar-refractivity contribution in [2.24, 2.45) is 5.92 Å². The molecule has 1 aromatic rings. The molecule has 18 heavy (non-hydrogen) atoms. The SMILES string of the molecule is CCCCc1nnc(SCC(=O)O)n1CC(C)C. The summed E-state index contributed by atoms with van der Waals surface area (Å²) in [6.45, 7) is 7.25. The molecular weight excluding hydrogens is 250 g/mol. The van der Waals surface area contributed by atoms with E-state index in [-0.39, 0.29) is 5.75 Å². The highest BCUT2D eigenvalue weighted by atomic mass is 32.2. The summed E-state index contributed by atoms with van der Waals surface area (Å²) >= 11 is 1.24. The van der Waals surface area contributed by atoms with Gasteiger partial charge >= 0.3 is 5.97 Å². The number of hydrogen-bond donors (Lipinski definition) is 1. The van der Waals surface area contributed by atoms with Crippen LogP contribution in [-0.2, 0) is 17.8 Å². The fourth-order valence-electron chi connectivity index (χ4n) is 1.62. The molecule has 1 N–H and O–H groups in total. The second kappa shape index (κ2) is 7.41. The zero-order valence-electron chi connectivity index (χ0n) is 11.2. The normalized spacial score (nSPS) is 11.1. The van der Waals surface area contributed by atoms with Crippen LogP contribution in [0.2, 0.25) is 0 Å². The van der Waals surface area contributed by atoms with E-state index < -0.39 is 5.97 Å². The van der Waals surface area contributed by atoms with Crippen molar-refractivity contribution in [3.63, 3.8) is 0 Å². The van der Waals surface area contributed by atoms with Gasteiger partial charge < -0.3 is 9.67 Å². The molecule has 0 aliphatic rings. The average Bonchev–Trinajstić information content (AvgIpc) is 2.65. The fraction of sp³-hybridized carbons (Fsp3) is 0.750. The Balaban J connectivity index is 2.80. The molecule has 0 unspecified atom stereocenters. The first-order valence-corrected chi connectivity index (χ1v) is 7.29. The van der Waals surface area contributed by atoms with E-state index >= 15 is 0 Å². The summed E-state index contributed by atoms with van der Waals surface area (Å²) in [5.74, 6) is 0.669. The molecule has 0 fully saturated rings.